The van der Waals surface area contributed by atoms with Crippen LogP contribution in [0.2, 0.25) is 0 Å². The van der Waals surface area contributed by atoms with Crippen molar-refractivity contribution in [2.24, 2.45) is 5.92 Å². The van der Waals surface area contributed by atoms with Crippen molar-refractivity contribution in [1.29, 1.82) is 0 Å². The van der Waals surface area contributed by atoms with Crippen LogP contribution < -0.4 is 4.72 Å². The van der Waals surface area contributed by atoms with Crippen LogP contribution in [-0.2, 0) is 14.8 Å². The summed E-state index contributed by atoms with van der Waals surface area (Å²) in [5.41, 5.74) is 0. The standard InChI is InChI=1S/C13H24N4O3S/c1-11(2)9-12(17-5-7-20-8-6-17)10-15-21(18,19)13-3-4-14-16-13/h3-4,11-12,15H,5-10H2,1-2H3,(H,14,16). The third-order valence-corrected chi connectivity index (χ3v) is 4.93. The molecule has 0 spiro atoms. The van der Waals surface area contributed by atoms with E-state index in [1.54, 1.807) is 0 Å². The van der Waals surface area contributed by atoms with E-state index in [0.717, 1.165) is 19.5 Å². The van der Waals surface area contributed by atoms with E-state index in [2.05, 4.69) is 33.7 Å². The molecule has 0 amide bonds. The fourth-order valence-electron chi connectivity index (χ4n) is 2.52. The molecule has 7 nitrogen and oxygen atoms in total. The molecule has 2 N–H and O–H groups in total. The predicted octanol–water partition coefficient (Wildman–Crippen LogP) is 0.435. The summed E-state index contributed by atoms with van der Waals surface area (Å²) in [7, 11) is -3.51. The van der Waals surface area contributed by atoms with Gasteiger partial charge in [-0.3, -0.25) is 10.00 Å². The molecule has 0 radical (unpaired) electrons. The van der Waals surface area contributed by atoms with Crippen molar-refractivity contribution < 1.29 is 13.2 Å². The fraction of sp³-hybridized carbons (Fsp3) is 0.769. The minimum atomic E-state index is -3.51. The number of rotatable bonds is 7. The molecule has 8 heteroatoms. The Hall–Kier alpha value is -0.960. The van der Waals surface area contributed by atoms with Crippen LogP contribution >= 0.6 is 0 Å². The van der Waals surface area contributed by atoms with Gasteiger partial charge in [-0.15, -0.1) is 0 Å². The molecule has 1 unspecified atom stereocenters. The summed E-state index contributed by atoms with van der Waals surface area (Å²) < 4.78 is 32.3. The molecule has 1 fully saturated rings. The largest absolute Gasteiger partial charge is 0.379 e. The smallest absolute Gasteiger partial charge is 0.257 e. The van der Waals surface area contributed by atoms with E-state index in [-0.39, 0.29) is 11.1 Å². The molecule has 0 aliphatic carbocycles. The monoisotopic (exact) mass is 316 g/mol. The topological polar surface area (TPSA) is 87.3 Å². The number of hydrogen-bond donors (Lipinski definition) is 2. The van der Waals surface area contributed by atoms with Crippen LogP contribution in [-0.4, -0.2) is 62.4 Å². The number of aromatic nitrogens is 2. The lowest BCUT2D eigenvalue weighted by Gasteiger charge is -2.35. The quantitative estimate of drug-likeness (QED) is 0.762. The minimum absolute atomic E-state index is 0.104. The third kappa shape index (κ3) is 4.77. The summed E-state index contributed by atoms with van der Waals surface area (Å²) in [6.45, 7) is 7.82. The van der Waals surface area contributed by atoms with E-state index in [1.807, 2.05) is 0 Å². The molecule has 2 rings (SSSR count). The summed E-state index contributed by atoms with van der Waals surface area (Å²) >= 11 is 0. The number of hydrogen-bond acceptors (Lipinski definition) is 5. The van der Waals surface area contributed by atoms with Gasteiger partial charge in [-0.25, -0.2) is 13.1 Å². The molecule has 2 heterocycles. The lowest BCUT2D eigenvalue weighted by atomic mass is 10.0. The molecule has 1 aliphatic rings. The third-order valence-electron chi connectivity index (χ3n) is 3.58. The summed E-state index contributed by atoms with van der Waals surface area (Å²) in [6.07, 6.45) is 2.38. The zero-order valence-corrected chi connectivity index (χ0v) is 13.4. The zero-order valence-electron chi connectivity index (χ0n) is 12.6. The minimum Gasteiger partial charge on any atom is -0.379 e. The molecule has 120 valence electrons. The van der Waals surface area contributed by atoms with Gasteiger partial charge in [0.1, 0.15) is 0 Å². The van der Waals surface area contributed by atoms with Gasteiger partial charge in [0.25, 0.3) is 10.0 Å². The van der Waals surface area contributed by atoms with Gasteiger partial charge >= 0.3 is 0 Å². The first kappa shape index (κ1) is 16.4. The predicted molar refractivity (Wildman–Crippen MR) is 79.4 cm³/mol. The van der Waals surface area contributed by atoms with Gasteiger partial charge in [-0.05, 0) is 18.4 Å². The molecular formula is C13H24N4O3S. The number of H-pyrrole nitrogens is 1. The highest BCUT2D eigenvalue weighted by Crippen LogP contribution is 2.14. The van der Waals surface area contributed by atoms with E-state index in [9.17, 15) is 8.42 Å². The molecule has 1 atom stereocenters. The van der Waals surface area contributed by atoms with Crippen molar-refractivity contribution in [3.8, 4) is 0 Å². The second kappa shape index (κ2) is 7.35. The SMILES string of the molecule is CC(C)CC(CNS(=O)(=O)c1ccn[nH]1)N1CCOCC1. The van der Waals surface area contributed by atoms with Crippen LogP contribution in [0.5, 0.6) is 0 Å². The van der Waals surface area contributed by atoms with E-state index < -0.39 is 10.0 Å². The first-order chi connectivity index (χ1) is 9.99. The molecule has 1 aromatic rings. The zero-order chi connectivity index (χ0) is 15.3. The number of aromatic amines is 1. The maximum absolute atomic E-state index is 12.1. The van der Waals surface area contributed by atoms with E-state index in [4.69, 9.17) is 4.74 Å². The summed E-state index contributed by atoms with van der Waals surface area (Å²) in [5, 5.41) is 6.27. The number of nitrogens with one attached hydrogen (secondary N) is 2. The Morgan fingerprint density at radius 3 is 2.71 bits per heavy atom. The number of morpholine rings is 1. The van der Waals surface area contributed by atoms with Crippen LogP contribution in [0.3, 0.4) is 0 Å². The summed E-state index contributed by atoms with van der Waals surface area (Å²) in [6, 6.07) is 1.64. The van der Waals surface area contributed by atoms with E-state index >= 15 is 0 Å². The van der Waals surface area contributed by atoms with Gasteiger partial charge < -0.3 is 4.74 Å². The average Bonchev–Trinajstić information content (AvgIpc) is 2.99. The fourth-order valence-corrected chi connectivity index (χ4v) is 3.50. The maximum Gasteiger partial charge on any atom is 0.257 e. The van der Waals surface area contributed by atoms with Crippen molar-refractivity contribution in [2.75, 3.05) is 32.8 Å². The van der Waals surface area contributed by atoms with Crippen molar-refractivity contribution >= 4 is 10.0 Å². The van der Waals surface area contributed by atoms with Gasteiger partial charge in [0, 0.05) is 25.7 Å². The lowest BCUT2D eigenvalue weighted by Crippen LogP contribution is -2.49. The molecule has 1 aromatic heterocycles. The molecular weight excluding hydrogens is 292 g/mol. The first-order valence-corrected chi connectivity index (χ1v) is 8.78. The highest BCUT2D eigenvalue weighted by molar-refractivity contribution is 7.89. The van der Waals surface area contributed by atoms with Crippen LogP contribution in [0.4, 0.5) is 0 Å². The van der Waals surface area contributed by atoms with Crippen LogP contribution in [0.25, 0.3) is 0 Å². The first-order valence-electron chi connectivity index (χ1n) is 7.30. The van der Waals surface area contributed by atoms with Gasteiger partial charge in [0.2, 0.25) is 0 Å². The molecule has 0 aromatic carbocycles. The second-order valence-electron chi connectivity index (χ2n) is 5.70. The summed E-state index contributed by atoms with van der Waals surface area (Å²) in [5.74, 6) is 0.509. The summed E-state index contributed by atoms with van der Waals surface area (Å²) in [4.78, 5) is 2.30. The number of sulfonamides is 1. The van der Waals surface area contributed by atoms with Crippen molar-refractivity contribution in [1.82, 2.24) is 19.8 Å². The Morgan fingerprint density at radius 1 is 1.43 bits per heavy atom. The maximum atomic E-state index is 12.1. The van der Waals surface area contributed by atoms with Crippen molar-refractivity contribution in [3.63, 3.8) is 0 Å². The molecule has 1 aliphatic heterocycles. The van der Waals surface area contributed by atoms with Crippen LogP contribution in [0.15, 0.2) is 17.3 Å². The Bertz CT molecular complexity index is 510. The van der Waals surface area contributed by atoms with Gasteiger partial charge in [0.15, 0.2) is 5.03 Å². The van der Waals surface area contributed by atoms with E-state index in [0.29, 0.717) is 25.7 Å². The number of nitrogens with zero attached hydrogens (tertiary/aromatic N) is 2. The normalized spacial score (nSPS) is 19.0. The average molecular weight is 316 g/mol. The molecule has 0 saturated carbocycles. The van der Waals surface area contributed by atoms with Crippen LogP contribution in [0.1, 0.15) is 20.3 Å². The molecule has 1 saturated heterocycles. The van der Waals surface area contributed by atoms with Crippen molar-refractivity contribution in [3.05, 3.63) is 12.3 Å². The molecule has 21 heavy (non-hydrogen) atoms. The van der Waals surface area contributed by atoms with Gasteiger partial charge in [-0.2, -0.15) is 5.10 Å². The van der Waals surface area contributed by atoms with Gasteiger partial charge in [0.05, 0.1) is 19.4 Å². The highest BCUT2D eigenvalue weighted by Gasteiger charge is 2.24. The Kier molecular flexibility index (Phi) is 5.74. The highest BCUT2D eigenvalue weighted by atomic mass is 32.2. The van der Waals surface area contributed by atoms with E-state index in [1.165, 1.54) is 12.3 Å². The Labute approximate surface area is 126 Å². The Morgan fingerprint density at radius 2 is 2.14 bits per heavy atom. The lowest BCUT2D eigenvalue weighted by molar-refractivity contribution is 0.0134. The molecule has 0 bridgehead atoms. The van der Waals surface area contributed by atoms with Gasteiger partial charge in [-0.1, -0.05) is 13.8 Å². The number of ether oxygens (including phenoxy) is 1. The Balaban J connectivity index is 1.98. The van der Waals surface area contributed by atoms with Crippen LogP contribution in [0, 0.1) is 5.92 Å². The van der Waals surface area contributed by atoms with Crippen molar-refractivity contribution in [2.45, 2.75) is 31.3 Å². The second-order valence-corrected chi connectivity index (χ2v) is 7.44.